The summed E-state index contributed by atoms with van der Waals surface area (Å²) in [6, 6.07) is 12.3. The molecule has 17 heavy (non-hydrogen) atoms. The second-order valence-electron chi connectivity index (χ2n) is 4.28. The summed E-state index contributed by atoms with van der Waals surface area (Å²) in [5.41, 5.74) is 9.31. The fourth-order valence-corrected chi connectivity index (χ4v) is 1.82. The molecule has 0 radical (unpaired) electrons. The lowest BCUT2D eigenvalue weighted by Gasteiger charge is -2.19. The summed E-state index contributed by atoms with van der Waals surface area (Å²) in [4.78, 5) is 6.19. The highest BCUT2D eigenvalue weighted by Gasteiger charge is 2.02. The van der Waals surface area contributed by atoms with Gasteiger partial charge in [0.05, 0.1) is 0 Å². The average molecular weight is 227 g/mol. The summed E-state index contributed by atoms with van der Waals surface area (Å²) in [6.07, 6.45) is 1.74. The van der Waals surface area contributed by atoms with E-state index in [1.165, 1.54) is 16.8 Å². The molecule has 2 N–H and O–H groups in total. The number of aromatic nitrogens is 1. The van der Waals surface area contributed by atoms with Gasteiger partial charge < -0.3 is 10.6 Å². The third-order valence-corrected chi connectivity index (χ3v) is 2.71. The average Bonchev–Trinajstić information content (AvgIpc) is 2.29. The SMILES string of the molecule is Cc1cccc(N(C)Cc2ccnc(N)c2)c1. The van der Waals surface area contributed by atoms with Crippen LogP contribution in [0.4, 0.5) is 11.5 Å². The Bertz CT molecular complexity index is 508. The molecule has 0 unspecified atom stereocenters. The van der Waals surface area contributed by atoms with E-state index in [2.05, 4.69) is 48.1 Å². The normalized spacial score (nSPS) is 10.2. The lowest BCUT2D eigenvalue weighted by Crippen LogP contribution is -2.16. The van der Waals surface area contributed by atoms with Crippen molar-refractivity contribution in [2.75, 3.05) is 17.7 Å². The molecule has 0 saturated carbocycles. The number of rotatable bonds is 3. The van der Waals surface area contributed by atoms with Gasteiger partial charge in [-0.1, -0.05) is 12.1 Å². The Morgan fingerprint density at radius 3 is 2.76 bits per heavy atom. The van der Waals surface area contributed by atoms with E-state index in [-0.39, 0.29) is 0 Å². The van der Waals surface area contributed by atoms with Crippen LogP contribution in [0.5, 0.6) is 0 Å². The summed E-state index contributed by atoms with van der Waals surface area (Å²) in [6.45, 7) is 2.93. The second kappa shape index (κ2) is 4.87. The molecule has 0 aliphatic carbocycles. The molecule has 0 fully saturated rings. The molecule has 2 rings (SSSR count). The van der Waals surface area contributed by atoms with Gasteiger partial charge in [-0.25, -0.2) is 4.98 Å². The molecular formula is C14H17N3. The summed E-state index contributed by atoms with van der Waals surface area (Å²) in [5, 5.41) is 0. The van der Waals surface area contributed by atoms with E-state index in [0.717, 1.165) is 6.54 Å². The van der Waals surface area contributed by atoms with E-state index in [4.69, 9.17) is 5.73 Å². The molecular weight excluding hydrogens is 210 g/mol. The quantitative estimate of drug-likeness (QED) is 0.876. The van der Waals surface area contributed by atoms with Crippen molar-refractivity contribution in [3.8, 4) is 0 Å². The number of anilines is 2. The van der Waals surface area contributed by atoms with Crippen LogP contribution in [0.15, 0.2) is 42.6 Å². The van der Waals surface area contributed by atoms with Crippen molar-refractivity contribution in [3.05, 3.63) is 53.7 Å². The molecule has 3 heteroatoms. The Morgan fingerprint density at radius 1 is 1.24 bits per heavy atom. The molecule has 88 valence electrons. The molecule has 0 spiro atoms. The van der Waals surface area contributed by atoms with Gasteiger partial charge >= 0.3 is 0 Å². The maximum Gasteiger partial charge on any atom is 0.123 e. The van der Waals surface area contributed by atoms with Crippen molar-refractivity contribution in [1.82, 2.24) is 4.98 Å². The van der Waals surface area contributed by atoms with Gasteiger partial charge in [-0.2, -0.15) is 0 Å². The molecule has 1 heterocycles. The highest BCUT2D eigenvalue weighted by atomic mass is 15.1. The van der Waals surface area contributed by atoms with E-state index in [1.54, 1.807) is 6.20 Å². The molecule has 0 atom stereocenters. The van der Waals surface area contributed by atoms with E-state index in [1.807, 2.05) is 12.1 Å². The van der Waals surface area contributed by atoms with Crippen LogP contribution in [-0.2, 0) is 6.54 Å². The number of nitrogens with zero attached hydrogens (tertiary/aromatic N) is 2. The Morgan fingerprint density at radius 2 is 2.06 bits per heavy atom. The zero-order valence-electron chi connectivity index (χ0n) is 10.2. The van der Waals surface area contributed by atoms with E-state index >= 15 is 0 Å². The second-order valence-corrected chi connectivity index (χ2v) is 4.28. The third-order valence-electron chi connectivity index (χ3n) is 2.71. The van der Waals surface area contributed by atoms with Gasteiger partial charge in [0, 0.05) is 25.5 Å². The summed E-state index contributed by atoms with van der Waals surface area (Å²) < 4.78 is 0. The number of pyridine rings is 1. The van der Waals surface area contributed by atoms with Gasteiger partial charge in [0.15, 0.2) is 0 Å². The number of nitrogens with two attached hydrogens (primary N) is 1. The van der Waals surface area contributed by atoms with Gasteiger partial charge in [-0.15, -0.1) is 0 Å². The Hall–Kier alpha value is -2.03. The number of hydrogen-bond donors (Lipinski definition) is 1. The van der Waals surface area contributed by atoms with Gasteiger partial charge in [-0.3, -0.25) is 0 Å². The van der Waals surface area contributed by atoms with Crippen LogP contribution >= 0.6 is 0 Å². The zero-order valence-corrected chi connectivity index (χ0v) is 10.2. The highest BCUT2D eigenvalue weighted by molar-refractivity contribution is 5.48. The topological polar surface area (TPSA) is 42.2 Å². The van der Waals surface area contributed by atoms with Crippen molar-refractivity contribution >= 4 is 11.5 Å². The van der Waals surface area contributed by atoms with Crippen molar-refractivity contribution < 1.29 is 0 Å². The van der Waals surface area contributed by atoms with Crippen LogP contribution in [0.1, 0.15) is 11.1 Å². The fourth-order valence-electron chi connectivity index (χ4n) is 1.82. The first-order chi connectivity index (χ1) is 8.15. The number of benzene rings is 1. The summed E-state index contributed by atoms with van der Waals surface area (Å²) >= 11 is 0. The Balaban J connectivity index is 2.14. The fraction of sp³-hybridized carbons (Fsp3) is 0.214. The molecule has 2 aromatic rings. The minimum Gasteiger partial charge on any atom is -0.384 e. The van der Waals surface area contributed by atoms with Crippen LogP contribution in [0.2, 0.25) is 0 Å². The van der Waals surface area contributed by atoms with Gasteiger partial charge in [0.1, 0.15) is 5.82 Å². The van der Waals surface area contributed by atoms with E-state index in [0.29, 0.717) is 5.82 Å². The summed E-state index contributed by atoms with van der Waals surface area (Å²) in [5.74, 6) is 0.570. The molecule has 0 aliphatic heterocycles. The highest BCUT2D eigenvalue weighted by Crippen LogP contribution is 2.17. The van der Waals surface area contributed by atoms with Crippen LogP contribution in [0.25, 0.3) is 0 Å². The van der Waals surface area contributed by atoms with Crippen molar-refractivity contribution in [1.29, 1.82) is 0 Å². The molecule has 1 aromatic heterocycles. The lowest BCUT2D eigenvalue weighted by atomic mass is 10.2. The van der Waals surface area contributed by atoms with Crippen molar-refractivity contribution in [2.24, 2.45) is 0 Å². The van der Waals surface area contributed by atoms with E-state index in [9.17, 15) is 0 Å². The van der Waals surface area contributed by atoms with Gasteiger partial charge in [0.2, 0.25) is 0 Å². The first-order valence-electron chi connectivity index (χ1n) is 5.63. The van der Waals surface area contributed by atoms with E-state index < -0.39 is 0 Å². The van der Waals surface area contributed by atoms with Crippen LogP contribution < -0.4 is 10.6 Å². The lowest BCUT2D eigenvalue weighted by molar-refractivity contribution is 0.919. The Kier molecular flexibility index (Phi) is 3.28. The zero-order chi connectivity index (χ0) is 12.3. The monoisotopic (exact) mass is 227 g/mol. The molecule has 0 saturated heterocycles. The first-order valence-corrected chi connectivity index (χ1v) is 5.63. The van der Waals surface area contributed by atoms with Gasteiger partial charge in [-0.05, 0) is 42.3 Å². The summed E-state index contributed by atoms with van der Waals surface area (Å²) in [7, 11) is 2.07. The predicted octanol–water partition coefficient (Wildman–Crippen LogP) is 2.61. The van der Waals surface area contributed by atoms with Gasteiger partial charge in [0.25, 0.3) is 0 Å². The Labute approximate surface area is 102 Å². The predicted molar refractivity (Wildman–Crippen MR) is 71.9 cm³/mol. The minimum atomic E-state index is 0.570. The first kappa shape index (κ1) is 11.5. The molecule has 0 bridgehead atoms. The molecule has 0 amide bonds. The minimum absolute atomic E-state index is 0.570. The molecule has 0 aliphatic rings. The van der Waals surface area contributed by atoms with Crippen LogP contribution in [0, 0.1) is 6.92 Å². The van der Waals surface area contributed by atoms with Crippen LogP contribution in [-0.4, -0.2) is 12.0 Å². The van der Waals surface area contributed by atoms with Crippen molar-refractivity contribution in [2.45, 2.75) is 13.5 Å². The number of hydrogen-bond acceptors (Lipinski definition) is 3. The van der Waals surface area contributed by atoms with Crippen molar-refractivity contribution in [3.63, 3.8) is 0 Å². The smallest absolute Gasteiger partial charge is 0.123 e. The number of aryl methyl sites for hydroxylation is 1. The largest absolute Gasteiger partial charge is 0.384 e. The third kappa shape index (κ3) is 2.97. The number of nitrogen functional groups attached to an aromatic ring is 1. The molecule has 3 nitrogen and oxygen atoms in total. The van der Waals surface area contributed by atoms with Crippen LogP contribution in [0.3, 0.4) is 0 Å². The maximum atomic E-state index is 5.67. The standard InChI is InChI=1S/C14H17N3/c1-11-4-3-5-13(8-11)17(2)10-12-6-7-16-14(15)9-12/h3-9H,10H2,1-2H3,(H2,15,16). The molecule has 1 aromatic carbocycles. The maximum absolute atomic E-state index is 5.67.